The summed E-state index contributed by atoms with van der Waals surface area (Å²) in [6, 6.07) is -0.688. The van der Waals surface area contributed by atoms with Gasteiger partial charge in [0.2, 0.25) is 11.8 Å². The van der Waals surface area contributed by atoms with Gasteiger partial charge in [0.15, 0.2) is 0 Å². The van der Waals surface area contributed by atoms with Crippen molar-refractivity contribution in [3.05, 3.63) is 0 Å². The summed E-state index contributed by atoms with van der Waals surface area (Å²) in [7, 11) is 0. The molecule has 2 atom stereocenters. The maximum absolute atomic E-state index is 12.3. The van der Waals surface area contributed by atoms with Gasteiger partial charge < -0.3 is 10.2 Å². The molecule has 0 aromatic carbocycles. The number of thioether (sulfide) groups is 1. The Balaban J connectivity index is 2.61. The van der Waals surface area contributed by atoms with Gasteiger partial charge in [-0.25, -0.2) is 0 Å². The highest BCUT2D eigenvalue weighted by Crippen LogP contribution is 2.16. The second-order valence-corrected chi connectivity index (χ2v) is 6.38. The van der Waals surface area contributed by atoms with E-state index in [2.05, 4.69) is 12.2 Å². The second kappa shape index (κ2) is 7.02. The highest BCUT2D eigenvalue weighted by molar-refractivity contribution is 7.99. The van der Waals surface area contributed by atoms with Crippen LogP contribution in [-0.4, -0.2) is 46.8 Å². The Kier molecular flexibility index (Phi) is 5.99. The molecule has 0 aromatic rings. The predicted octanol–water partition coefficient (Wildman–Crippen LogP) is 1.50. The largest absolute Gasteiger partial charge is 0.342 e. The fourth-order valence-corrected chi connectivity index (χ4v) is 2.71. The summed E-state index contributed by atoms with van der Waals surface area (Å²) in [6.45, 7) is 8.54. The summed E-state index contributed by atoms with van der Waals surface area (Å²) in [5, 5.41) is 2.81. The summed E-state index contributed by atoms with van der Waals surface area (Å²) in [5.74, 6) is 2.32. The molecule has 0 aliphatic carbocycles. The van der Waals surface area contributed by atoms with Crippen LogP contribution < -0.4 is 5.32 Å². The fraction of sp³-hybridized carbons (Fsp3) is 0.846. The van der Waals surface area contributed by atoms with Crippen LogP contribution in [-0.2, 0) is 9.59 Å². The number of nitrogens with one attached hydrogen (secondary N) is 1. The van der Waals surface area contributed by atoms with E-state index in [1.165, 1.54) is 0 Å². The van der Waals surface area contributed by atoms with E-state index in [1.807, 2.05) is 25.6 Å². The first-order chi connectivity index (χ1) is 8.49. The Hall–Kier alpha value is -0.710. The van der Waals surface area contributed by atoms with E-state index in [-0.39, 0.29) is 29.8 Å². The lowest BCUT2D eigenvalue weighted by atomic mass is 9.98. The van der Waals surface area contributed by atoms with Crippen molar-refractivity contribution in [2.24, 2.45) is 5.92 Å². The summed E-state index contributed by atoms with van der Waals surface area (Å²) in [5.41, 5.74) is 0. The Morgan fingerprint density at radius 2 is 2.06 bits per heavy atom. The van der Waals surface area contributed by atoms with Gasteiger partial charge in [-0.05, 0) is 30.8 Å². The predicted molar refractivity (Wildman–Crippen MR) is 75.6 cm³/mol. The summed E-state index contributed by atoms with van der Waals surface area (Å²) in [6.07, 6.45) is 0.951. The molecular formula is C13H24N2O2S. The number of piperazine rings is 1. The van der Waals surface area contributed by atoms with Crippen molar-refractivity contribution in [1.29, 1.82) is 0 Å². The molecule has 0 radical (unpaired) electrons. The maximum Gasteiger partial charge on any atom is 0.246 e. The van der Waals surface area contributed by atoms with Crippen LogP contribution in [0.15, 0.2) is 0 Å². The van der Waals surface area contributed by atoms with Crippen molar-refractivity contribution in [1.82, 2.24) is 10.2 Å². The van der Waals surface area contributed by atoms with E-state index in [9.17, 15) is 9.59 Å². The zero-order valence-electron chi connectivity index (χ0n) is 11.7. The van der Waals surface area contributed by atoms with Gasteiger partial charge in [-0.3, -0.25) is 9.59 Å². The molecule has 5 heteroatoms. The van der Waals surface area contributed by atoms with Crippen molar-refractivity contribution >= 4 is 23.6 Å². The molecule has 18 heavy (non-hydrogen) atoms. The lowest BCUT2D eigenvalue weighted by Gasteiger charge is -2.38. The Morgan fingerprint density at radius 1 is 1.39 bits per heavy atom. The van der Waals surface area contributed by atoms with Crippen LogP contribution in [0.1, 0.15) is 34.1 Å². The van der Waals surface area contributed by atoms with Crippen molar-refractivity contribution in [3.63, 3.8) is 0 Å². The number of carbonyl (C=O) groups excluding carboxylic acids is 2. The first-order valence-corrected chi connectivity index (χ1v) is 7.83. The van der Waals surface area contributed by atoms with E-state index in [0.717, 1.165) is 17.9 Å². The number of amides is 2. The van der Waals surface area contributed by atoms with Gasteiger partial charge in [0.05, 0.1) is 0 Å². The molecule has 1 saturated heterocycles. The fourth-order valence-electron chi connectivity index (χ4n) is 2.08. The van der Waals surface area contributed by atoms with Crippen LogP contribution in [0, 0.1) is 5.92 Å². The summed E-state index contributed by atoms with van der Waals surface area (Å²) in [4.78, 5) is 25.9. The number of nitrogens with zero attached hydrogens (tertiary/aromatic N) is 1. The molecule has 1 aliphatic rings. The van der Waals surface area contributed by atoms with Crippen LogP contribution in [0.5, 0.6) is 0 Å². The van der Waals surface area contributed by atoms with Gasteiger partial charge in [-0.2, -0.15) is 11.8 Å². The molecule has 1 N–H and O–H groups in total. The van der Waals surface area contributed by atoms with Crippen molar-refractivity contribution in [3.8, 4) is 0 Å². The lowest BCUT2D eigenvalue weighted by molar-refractivity contribution is -0.149. The number of hydrogen-bond acceptors (Lipinski definition) is 3. The first-order valence-electron chi connectivity index (χ1n) is 6.67. The zero-order valence-corrected chi connectivity index (χ0v) is 12.5. The van der Waals surface area contributed by atoms with Crippen LogP contribution in [0.4, 0.5) is 0 Å². The second-order valence-electron chi connectivity index (χ2n) is 4.99. The molecule has 2 amide bonds. The van der Waals surface area contributed by atoms with Crippen molar-refractivity contribution < 1.29 is 9.59 Å². The van der Waals surface area contributed by atoms with Crippen molar-refractivity contribution in [2.45, 2.75) is 46.2 Å². The Labute approximate surface area is 114 Å². The average Bonchev–Trinajstić information content (AvgIpc) is 2.32. The molecule has 104 valence electrons. The highest BCUT2D eigenvalue weighted by Gasteiger charge is 2.38. The normalized spacial score (nSPS) is 24.6. The van der Waals surface area contributed by atoms with E-state index in [4.69, 9.17) is 0 Å². The molecule has 0 bridgehead atoms. The van der Waals surface area contributed by atoms with Crippen LogP contribution in [0.3, 0.4) is 0 Å². The van der Waals surface area contributed by atoms with Crippen molar-refractivity contribution in [2.75, 3.05) is 18.1 Å². The van der Waals surface area contributed by atoms with Gasteiger partial charge in [-0.1, -0.05) is 20.8 Å². The maximum atomic E-state index is 12.3. The third-order valence-electron chi connectivity index (χ3n) is 3.25. The van der Waals surface area contributed by atoms with E-state index in [0.29, 0.717) is 6.54 Å². The lowest BCUT2D eigenvalue weighted by Crippen LogP contribution is -2.63. The van der Waals surface area contributed by atoms with Crippen LogP contribution in [0.2, 0.25) is 0 Å². The highest BCUT2D eigenvalue weighted by atomic mass is 32.2. The van der Waals surface area contributed by atoms with Gasteiger partial charge in [0.25, 0.3) is 0 Å². The molecule has 1 heterocycles. The average molecular weight is 272 g/mol. The van der Waals surface area contributed by atoms with Gasteiger partial charge in [0, 0.05) is 6.54 Å². The SMILES string of the molecule is CCSCCCN1C(=O)C(C(C)C)NC(=O)C1C. The molecule has 0 spiro atoms. The van der Waals surface area contributed by atoms with E-state index in [1.54, 1.807) is 11.8 Å². The standard InChI is InChI=1S/C13H24N2O2S/c1-5-18-8-6-7-15-10(4)12(16)14-11(9(2)3)13(15)17/h9-11H,5-8H2,1-4H3,(H,14,16). The molecule has 0 aromatic heterocycles. The topological polar surface area (TPSA) is 49.4 Å². The minimum absolute atomic E-state index is 0.0311. The minimum atomic E-state index is -0.354. The quantitative estimate of drug-likeness (QED) is 0.746. The first kappa shape index (κ1) is 15.3. The van der Waals surface area contributed by atoms with E-state index < -0.39 is 0 Å². The third-order valence-corrected chi connectivity index (χ3v) is 4.24. The van der Waals surface area contributed by atoms with Gasteiger partial charge >= 0.3 is 0 Å². The molecule has 4 nitrogen and oxygen atoms in total. The minimum Gasteiger partial charge on any atom is -0.342 e. The van der Waals surface area contributed by atoms with Gasteiger partial charge in [-0.15, -0.1) is 0 Å². The molecule has 1 fully saturated rings. The van der Waals surface area contributed by atoms with Crippen LogP contribution in [0.25, 0.3) is 0 Å². The van der Waals surface area contributed by atoms with E-state index >= 15 is 0 Å². The third kappa shape index (κ3) is 3.64. The van der Waals surface area contributed by atoms with Gasteiger partial charge in [0.1, 0.15) is 12.1 Å². The Bertz CT molecular complexity index is 307. The molecule has 1 aliphatic heterocycles. The smallest absolute Gasteiger partial charge is 0.246 e. The molecular weight excluding hydrogens is 248 g/mol. The Morgan fingerprint density at radius 3 is 2.61 bits per heavy atom. The summed E-state index contributed by atoms with van der Waals surface area (Å²) >= 11 is 1.87. The molecule has 0 saturated carbocycles. The van der Waals surface area contributed by atoms with Crippen LogP contribution >= 0.6 is 11.8 Å². The number of rotatable bonds is 6. The molecule has 1 rings (SSSR count). The zero-order chi connectivity index (χ0) is 13.7. The summed E-state index contributed by atoms with van der Waals surface area (Å²) < 4.78 is 0. The molecule has 2 unspecified atom stereocenters. The number of hydrogen-bond donors (Lipinski definition) is 1. The monoisotopic (exact) mass is 272 g/mol. The number of carbonyl (C=O) groups is 2.